The highest BCUT2D eigenvalue weighted by atomic mass is 32.2. The van der Waals surface area contributed by atoms with E-state index in [1.807, 2.05) is 13.0 Å². The summed E-state index contributed by atoms with van der Waals surface area (Å²) in [6.45, 7) is 2.35. The second kappa shape index (κ2) is 6.47. The lowest BCUT2D eigenvalue weighted by Crippen LogP contribution is -2.29. The Labute approximate surface area is 109 Å². The summed E-state index contributed by atoms with van der Waals surface area (Å²) in [5.41, 5.74) is 6.44. The molecule has 0 atom stereocenters. The average Bonchev–Trinajstić information content (AvgIpc) is 2.61. The Balaban J connectivity index is 2.43. The van der Waals surface area contributed by atoms with E-state index in [1.54, 1.807) is 11.9 Å². The van der Waals surface area contributed by atoms with Crippen molar-refractivity contribution in [3.05, 3.63) is 5.69 Å². The lowest BCUT2D eigenvalue weighted by atomic mass is 10.4. The number of rotatable bonds is 5. The van der Waals surface area contributed by atoms with Crippen molar-refractivity contribution >= 4 is 34.1 Å². The zero-order chi connectivity index (χ0) is 12.8. The maximum Gasteiger partial charge on any atom is 0.232 e. The molecular weight excluding hydrogens is 256 g/mol. The normalized spacial score (nSPS) is 9.94. The van der Waals surface area contributed by atoms with Crippen LogP contribution < -0.4 is 5.73 Å². The van der Waals surface area contributed by atoms with Gasteiger partial charge in [0.1, 0.15) is 0 Å². The Morgan fingerprint density at radius 3 is 2.94 bits per heavy atom. The second-order valence-corrected chi connectivity index (χ2v) is 5.71. The zero-order valence-electron chi connectivity index (χ0n) is 9.77. The summed E-state index contributed by atoms with van der Waals surface area (Å²) in [7, 11) is 1.70. The number of carbonyl (C=O) groups excluding carboxylic acids is 1. The van der Waals surface area contributed by atoms with Crippen LogP contribution in [0.15, 0.2) is 4.21 Å². The van der Waals surface area contributed by atoms with Crippen LogP contribution in [-0.4, -0.2) is 35.1 Å². The van der Waals surface area contributed by atoms with Crippen molar-refractivity contribution < 1.29 is 4.79 Å². The van der Waals surface area contributed by atoms with E-state index in [4.69, 9.17) is 11.0 Å². The van der Waals surface area contributed by atoms with Gasteiger partial charge in [-0.2, -0.15) is 5.26 Å². The van der Waals surface area contributed by atoms with E-state index in [1.165, 1.54) is 23.1 Å². The number of anilines is 1. The van der Waals surface area contributed by atoms with Crippen molar-refractivity contribution in [2.45, 2.75) is 17.6 Å². The molecule has 0 aliphatic rings. The van der Waals surface area contributed by atoms with Gasteiger partial charge >= 0.3 is 0 Å². The molecule has 92 valence electrons. The quantitative estimate of drug-likeness (QED) is 0.820. The van der Waals surface area contributed by atoms with Crippen molar-refractivity contribution in [2.75, 3.05) is 25.1 Å². The van der Waals surface area contributed by atoms with Gasteiger partial charge in [0.15, 0.2) is 5.13 Å². The van der Waals surface area contributed by atoms with Crippen LogP contribution in [0.25, 0.3) is 0 Å². The van der Waals surface area contributed by atoms with Gasteiger partial charge in [-0.1, -0.05) is 11.3 Å². The third kappa shape index (κ3) is 4.24. The highest BCUT2D eigenvalue weighted by Gasteiger charge is 2.12. The fourth-order valence-electron chi connectivity index (χ4n) is 1.12. The third-order valence-electron chi connectivity index (χ3n) is 2.08. The van der Waals surface area contributed by atoms with Crippen LogP contribution in [0.5, 0.6) is 0 Å². The standard InChI is InChI=1S/C10H14N4OS2/c1-7-9(17-10(12)13-7)16-6-8(15)14(2)5-3-4-11/h3,5-6H2,1-2H3,(H2,12,13). The number of nitrogens with zero attached hydrogens (tertiary/aromatic N) is 3. The van der Waals surface area contributed by atoms with Gasteiger partial charge < -0.3 is 10.6 Å². The van der Waals surface area contributed by atoms with Gasteiger partial charge in [-0.3, -0.25) is 4.79 Å². The molecule has 0 radical (unpaired) electrons. The van der Waals surface area contributed by atoms with Crippen molar-refractivity contribution in [1.82, 2.24) is 9.88 Å². The number of nitriles is 1. The van der Waals surface area contributed by atoms with Gasteiger partial charge in [0.05, 0.1) is 28.1 Å². The molecule has 0 bridgehead atoms. The van der Waals surface area contributed by atoms with Crippen molar-refractivity contribution in [1.29, 1.82) is 5.26 Å². The molecule has 1 heterocycles. The van der Waals surface area contributed by atoms with Gasteiger partial charge in [-0.05, 0) is 6.92 Å². The minimum atomic E-state index is 0.0108. The first-order chi connectivity index (χ1) is 8.04. The number of amides is 1. The molecule has 2 N–H and O–H groups in total. The molecule has 1 rings (SSSR count). The van der Waals surface area contributed by atoms with Crippen LogP contribution in [-0.2, 0) is 4.79 Å². The van der Waals surface area contributed by atoms with E-state index < -0.39 is 0 Å². The molecule has 1 aromatic heterocycles. The van der Waals surface area contributed by atoms with Gasteiger partial charge in [-0.15, -0.1) is 11.8 Å². The maximum atomic E-state index is 11.7. The minimum absolute atomic E-state index is 0.0108. The van der Waals surface area contributed by atoms with Gasteiger partial charge in [0, 0.05) is 13.6 Å². The molecule has 1 amide bonds. The number of thioether (sulfide) groups is 1. The second-order valence-electron chi connectivity index (χ2n) is 3.44. The molecule has 0 unspecified atom stereocenters. The smallest absolute Gasteiger partial charge is 0.232 e. The van der Waals surface area contributed by atoms with Crippen LogP contribution >= 0.6 is 23.1 Å². The maximum absolute atomic E-state index is 11.7. The predicted octanol–water partition coefficient (Wildman–Crippen LogP) is 1.50. The highest BCUT2D eigenvalue weighted by molar-refractivity contribution is 8.01. The van der Waals surface area contributed by atoms with E-state index >= 15 is 0 Å². The Morgan fingerprint density at radius 1 is 1.71 bits per heavy atom. The van der Waals surface area contributed by atoms with Gasteiger partial charge in [-0.25, -0.2) is 4.98 Å². The average molecular weight is 270 g/mol. The zero-order valence-corrected chi connectivity index (χ0v) is 11.4. The van der Waals surface area contributed by atoms with Crippen LogP contribution in [0.2, 0.25) is 0 Å². The summed E-state index contributed by atoms with van der Waals surface area (Å²) in [5.74, 6) is 0.362. The van der Waals surface area contributed by atoms with Crippen LogP contribution in [0.4, 0.5) is 5.13 Å². The molecule has 0 fully saturated rings. The monoisotopic (exact) mass is 270 g/mol. The number of aryl methyl sites for hydroxylation is 1. The molecule has 0 spiro atoms. The molecule has 1 aromatic rings. The molecule has 0 aliphatic carbocycles. The predicted molar refractivity (Wildman–Crippen MR) is 69.9 cm³/mol. The number of carbonyl (C=O) groups is 1. The minimum Gasteiger partial charge on any atom is -0.375 e. The van der Waals surface area contributed by atoms with E-state index in [-0.39, 0.29) is 5.91 Å². The summed E-state index contributed by atoms with van der Waals surface area (Å²) in [6.07, 6.45) is 0.361. The Bertz CT molecular complexity index is 438. The van der Waals surface area contributed by atoms with Crippen LogP contribution in [0.3, 0.4) is 0 Å². The molecular formula is C10H14N4OS2. The number of aromatic nitrogens is 1. The van der Waals surface area contributed by atoms with Crippen molar-refractivity contribution in [3.63, 3.8) is 0 Å². The van der Waals surface area contributed by atoms with Crippen LogP contribution in [0.1, 0.15) is 12.1 Å². The fraction of sp³-hybridized carbons (Fsp3) is 0.500. The number of hydrogen-bond acceptors (Lipinski definition) is 6. The molecule has 0 saturated heterocycles. The van der Waals surface area contributed by atoms with E-state index in [2.05, 4.69) is 4.98 Å². The number of nitrogens with two attached hydrogens (primary N) is 1. The summed E-state index contributed by atoms with van der Waals surface area (Å²) in [6, 6.07) is 2.01. The van der Waals surface area contributed by atoms with Crippen LogP contribution in [0, 0.1) is 18.3 Å². The Morgan fingerprint density at radius 2 is 2.41 bits per heavy atom. The summed E-state index contributed by atoms with van der Waals surface area (Å²) in [5, 5.41) is 8.95. The molecule has 0 saturated carbocycles. The topological polar surface area (TPSA) is 83.0 Å². The fourth-order valence-corrected chi connectivity index (χ4v) is 3.08. The summed E-state index contributed by atoms with van der Waals surface area (Å²) in [4.78, 5) is 17.3. The molecule has 7 heteroatoms. The number of thiazole rings is 1. The number of hydrogen-bond donors (Lipinski definition) is 1. The first-order valence-electron chi connectivity index (χ1n) is 5.01. The van der Waals surface area contributed by atoms with Gasteiger partial charge in [0.25, 0.3) is 0 Å². The van der Waals surface area contributed by atoms with E-state index in [0.717, 1.165) is 9.90 Å². The Hall–Kier alpha value is -1.26. The largest absolute Gasteiger partial charge is 0.375 e. The van der Waals surface area contributed by atoms with E-state index in [0.29, 0.717) is 23.8 Å². The lowest BCUT2D eigenvalue weighted by Gasteiger charge is -2.14. The lowest BCUT2D eigenvalue weighted by molar-refractivity contribution is -0.127. The van der Waals surface area contributed by atoms with Crippen molar-refractivity contribution in [2.24, 2.45) is 0 Å². The summed E-state index contributed by atoms with van der Waals surface area (Å²) >= 11 is 2.83. The molecule has 17 heavy (non-hydrogen) atoms. The molecule has 0 aliphatic heterocycles. The molecule has 5 nitrogen and oxygen atoms in total. The first kappa shape index (κ1) is 13.8. The van der Waals surface area contributed by atoms with E-state index in [9.17, 15) is 4.79 Å². The Kier molecular flexibility index (Phi) is 5.25. The third-order valence-corrected chi connectivity index (χ3v) is 4.42. The highest BCUT2D eigenvalue weighted by Crippen LogP contribution is 2.30. The molecule has 0 aromatic carbocycles. The summed E-state index contributed by atoms with van der Waals surface area (Å²) < 4.78 is 0.976. The van der Waals surface area contributed by atoms with Crippen molar-refractivity contribution in [3.8, 4) is 6.07 Å². The SMILES string of the molecule is Cc1nc(N)sc1SCC(=O)N(C)CCC#N. The number of nitrogen functional groups attached to an aromatic ring is 1. The first-order valence-corrected chi connectivity index (χ1v) is 6.81. The van der Waals surface area contributed by atoms with Gasteiger partial charge in [0.2, 0.25) is 5.91 Å².